The quantitative estimate of drug-likeness (QED) is 0.121. The highest BCUT2D eigenvalue weighted by Crippen LogP contribution is 2.36. The van der Waals surface area contributed by atoms with Crippen molar-refractivity contribution < 1.29 is 28.0 Å². The molecule has 0 aliphatic carbocycles. The topological polar surface area (TPSA) is 163 Å². The van der Waals surface area contributed by atoms with Gasteiger partial charge in [-0.2, -0.15) is 4.31 Å². The first-order valence-electron chi connectivity index (χ1n) is 15.2. The van der Waals surface area contributed by atoms with Crippen LogP contribution in [-0.4, -0.2) is 93.5 Å². The van der Waals surface area contributed by atoms with Gasteiger partial charge in [0.25, 0.3) is 5.91 Å². The Balaban J connectivity index is 1.14. The number of benzene rings is 2. The van der Waals surface area contributed by atoms with Crippen molar-refractivity contribution in [3.05, 3.63) is 93.4 Å². The molecule has 1 atom stereocenters. The van der Waals surface area contributed by atoms with Crippen molar-refractivity contribution in [2.24, 2.45) is 10.9 Å². The van der Waals surface area contributed by atoms with Crippen LogP contribution >= 0.6 is 23.2 Å². The molecule has 3 N–H and O–H groups in total. The Kier molecular flexibility index (Phi) is 9.52. The molecule has 2 aliphatic heterocycles. The van der Waals surface area contributed by atoms with Gasteiger partial charge in [-0.1, -0.05) is 40.5 Å². The number of sulfonamides is 1. The normalized spacial score (nSPS) is 17.6. The molecule has 4 heterocycles. The van der Waals surface area contributed by atoms with Crippen LogP contribution in [0.5, 0.6) is 5.75 Å². The van der Waals surface area contributed by atoms with E-state index in [0.29, 0.717) is 40.9 Å². The fourth-order valence-electron chi connectivity index (χ4n) is 6.05. The van der Waals surface area contributed by atoms with Crippen LogP contribution < -0.4 is 10.5 Å². The number of imidazole rings is 1. The maximum Gasteiger partial charge on any atom is 0.253 e. The molecule has 252 valence electrons. The van der Waals surface area contributed by atoms with Crippen LogP contribution in [-0.2, 0) is 21.4 Å². The lowest BCUT2D eigenvalue weighted by molar-refractivity contribution is -0.136. The summed E-state index contributed by atoms with van der Waals surface area (Å²) in [6.45, 7) is 2.99. The zero-order valence-corrected chi connectivity index (χ0v) is 28.2. The highest BCUT2D eigenvalue weighted by Gasteiger charge is 2.43. The predicted octanol–water partition coefficient (Wildman–Crippen LogP) is 3.76. The van der Waals surface area contributed by atoms with Gasteiger partial charge in [0.15, 0.2) is 17.2 Å². The van der Waals surface area contributed by atoms with Crippen LogP contribution in [0.2, 0.25) is 10.0 Å². The van der Waals surface area contributed by atoms with Crippen LogP contribution in [0, 0.1) is 6.92 Å². The maximum absolute atomic E-state index is 14.0. The van der Waals surface area contributed by atoms with Crippen LogP contribution in [0.3, 0.4) is 0 Å². The molecule has 0 saturated carbocycles. The lowest BCUT2D eigenvalue weighted by atomic mass is 10.1. The van der Waals surface area contributed by atoms with Gasteiger partial charge in [0, 0.05) is 66.8 Å². The third kappa shape index (κ3) is 6.40. The van der Waals surface area contributed by atoms with Crippen LogP contribution in [0.15, 0.2) is 71.0 Å². The number of pyridine rings is 1. The van der Waals surface area contributed by atoms with Crippen molar-refractivity contribution in [1.29, 1.82) is 0 Å². The molecule has 13 nitrogen and oxygen atoms in total. The number of piperazine rings is 1. The highest BCUT2D eigenvalue weighted by molar-refractivity contribution is 7.89. The average Bonchev–Trinajstić information content (AvgIpc) is 3.75. The Labute approximate surface area is 287 Å². The minimum absolute atomic E-state index is 0.0634. The average molecular weight is 715 g/mol. The zero-order chi connectivity index (χ0) is 34.2. The summed E-state index contributed by atoms with van der Waals surface area (Å²) in [7, 11) is -4.20. The number of aryl methyl sites for hydroxylation is 1. The number of ether oxygens (including phenoxy) is 1. The van der Waals surface area contributed by atoms with E-state index in [1.54, 1.807) is 40.1 Å². The van der Waals surface area contributed by atoms with E-state index < -0.39 is 16.1 Å². The third-order valence-electron chi connectivity index (χ3n) is 8.58. The van der Waals surface area contributed by atoms with E-state index in [4.69, 9.17) is 38.9 Å². The Bertz CT molecular complexity index is 2010. The van der Waals surface area contributed by atoms with Crippen LogP contribution in [0.1, 0.15) is 40.0 Å². The summed E-state index contributed by atoms with van der Waals surface area (Å²) in [4.78, 5) is 34.4. The molecule has 0 bridgehead atoms. The molecule has 2 aromatic heterocycles. The largest absolute Gasteiger partial charge is 0.485 e. The Morgan fingerprint density at radius 1 is 1.02 bits per heavy atom. The number of nitrogens with zero attached hydrogens (tertiary/aromatic N) is 6. The van der Waals surface area contributed by atoms with Gasteiger partial charge in [0.05, 0.1) is 10.7 Å². The number of nitrogens with two attached hydrogens (primary N) is 1. The molecule has 2 saturated heterocycles. The Morgan fingerprint density at radius 2 is 1.71 bits per heavy atom. The molecule has 6 rings (SSSR count). The summed E-state index contributed by atoms with van der Waals surface area (Å²) in [6.07, 6.45) is 4.57. The Hall–Kier alpha value is -4.37. The number of amidine groups is 1. The second-order valence-corrected chi connectivity index (χ2v) is 14.2. The number of fused-ring (bicyclic) bond motifs is 1. The number of carbonyl (C=O) groups is 2. The Morgan fingerprint density at radius 3 is 2.42 bits per heavy atom. The van der Waals surface area contributed by atoms with E-state index in [2.05, 4.69) is 10.1 Å². The third-order valence-corrected chi connectivity index (χ3v) is 11.4. The summed E-state index contributed by atoms with van der Waals surface area (Å²) in [5.74, 6) is -0.115. The lowest BCUT2D eigenvalue weighted by Gasteiger charge is -2.37. The molecular weight excluding hydrogens is 681 g/mol. The first kappa shape index (κ1) is 33.5. The molecule has 2 fully saturated rings. The van der Waals surface area contributed by atoms with Crippen LogP contribution in [0.4, 0.5) is 0 Å². The van der Waals surface area contributed by atoms with Crippen molar-refractivity contribution in [3.8, 4) is 5.75 Å². The molecule has 2 aliphatic rings. The summed E-state index contributed by atoms with van der Waals surface area (Å²) < 4.78 is 37.1. The zero-order valence-electron chi connectivity index (χ0n) is 25.9. The number of halogens is 2. The van der Waals surface area contributed by atoms with Gasteiger partial charge in [0.2, 0.25) is 15.9 Å². The van der Waals surface area contributed by atoms with Crippen molar-refractivity contribution in [2.45, 2.75) is 37.3 Å². The van der Waals surface area contributed by atoms with Gasteiger partial charge in [-0.25, -0.2) is 13.4 Å². The van der Waals surface area contributed by atoms with Gasteiger partial charge in [-0.3, -0.25) is 9.59 Å². The highest BCUT2D eigenvalue weighted by atomic mass is 35.5. The van der Waals surface area contributed by atoms with E-state index in [-0.39, 0.29) is 71.9 Å². The number of oxime groups is 1. The van der Waals surface area contributed by atoms with Crippen molar-refractivity contribution in [3.63, 3.8) is 0 Å². The maximum atomic E-state index is 14.0. The first-order valence-corrected chi connectivity index (χ1v) is 17.4. The monoisotopic (exact) mass is 713 g/mol. The second-order valence-electron chi connectivity index (χ2n) is 11.6. The van der Waals surface area contributed by atoms with Crippen LogP contribution in [0.25, 0.3) is 5.65 Å². The van der Waals surface area contributed by atoms with Crippen molar-refractivity contribution >= 4 is 56.5 Å². The van der Waals surface area contributed by atoms with Gasteiger partial charge in [-0.05, 0) is 56.2 Å². The fourth-order valence-corrected chi connectivity index (χ4v) is 8.56. The lowest BCUT2D eigenvalue weighted by Crippen LogP contribution is -2.55. The minimum Gasteiger partial charge on any atom is -0.485 e. The van der Waals surface area contributed by atoms with E-state index in [0.717, 1.165) is 5.69 Å². The van der Waals surface area contributed by atoms with Gasteiger partial charge in [-0.15, -0.1) is 0 Å². The molecule has 0 radical (unpaired) electrons. The first-order chi connectivity index (χ1) is 23.0. The minimum atomic E-state index is -4.20. The van der Waals surface area contributed by atoms with E-state index >= 15 is 0 Å². The SMILES string of the molecule is Cc1cn2cccc(OCc3c(Cl)ccc(S(=O)(=O)N4CCCC4C(=O)N4CCN(C(=O)c5ccc(/C(N)=N\O)cc5)CC4)c3Cl)c2n1. The van der Waals surface area contributed by atoms with Crippen molar-refractivity contribution in [2.75, 3.05) is 32.7 Å². The number of amides is 2. The number of hydrogen-bond acceptors (Lipinski definition) is 8. The molecule has 1 unspecified atom stereocenters. The standard InChI is InChI=1S/C32H33Cl2N7O6S/c1-20-18-40-12-3-5-26(30(40)36-20)47-19-23-24(33)10-11-27(28(23)34)48(45,46)41-13-2-4-25(41)32(43)39-16-14-38(15-17-39)31(42)22-8-6-21(7-9-22)29(35)37-44/h3,5-12,18,25,44H,2,4,13-17,19H2,1H3,(H2,35,37). The number of hydrogen-bond donors (Lipinski definition) is 2. The molecule has 16 heteroatoms. The molecule has 2 aromatic carbocycles. The van der Waals surface area contributed by atoms with Gasteiger partial charge in [0.1, 0.15) is 17.5 Å². The smallest absolute Gasteiger partial charge is 0.253 e. The molecule has 2 amide bonds. The fraction of sp³-hybridized carbons (Fsp3) is 0.312. The van der Waals surface area contributed by atoms with Gasteiger partial charge < -0.3 is 29.9 Å². The van der Waals surface area contributed by atoms with E-state index in [9.17, 15) is 18.0 Å². The van der Waals surface area contributed by atoms with E-state index in [1.807, 2.05) is 29.8 Å². The van der Waals surface area contributed by atoms with Gasteiger partial charge >= 0.3 is 0 Å². The summed E-state index contributed by atoms with van der Waals surface area (Å²) in [5.41, 5.74) is 8.21. The molecule has 48 heavy (non-hydrogen) atoms. The van der Waals surface area contributed by atoms with E-state index in [1.165, 1.54) is 16.4 Å². The summed E-state index contributed by atoms with van der Waals surface area (Å²) in [5, 5.41) is 12.0. The predicted molar refractivity (Wildman–Crippen MR) is 179 cm³/mol. The number of aromatic nitrogens is 2. The van der Waals surface area contributed by atoms with Crippen molar-refractivity contribution in [1.82, 2.24) is 23.5 Å². The molecular formula is C32H33Cl2N7O6S. The second kappa shape index (κ2) is 13.6. The number of carbonyl (C=O) groups excluding carboxylic acids is 2. The molecule has 0 spiro atoms. The summed E-state index contributed by atoms with van der Waals surface area (Å²) in [6, 6.07) is 11.8. The molecule has 4 aromatic rings. The summed E-state index contributed by atoms with van der Waals surface area (Å²) >= 11 is 13.2. The number of rotatable bonds is 8.